The maximum absolute atomic E-state index is 13.8. The molecule has 47 heavy (non-hydrogen) atoms. The maximum atomic E-state index is 13.8. The Labute approximate surface area is 269 Å². The fraction of sp³-hybridized carbons (Fsp3) is 0.697. The first-order valence-electron chi connectivity index (χ1n) is 16.2. The second kappa shape index (κ2) is 12.4. The molecule has 2 fully saturated rings. The Balaban J connectivity index is 1.23. The zero-order valence-electron chi connectivity index (χ0n) is 26.0. The normalized spacial score (nSPS) is 43.6. The van der Waals surface area contributed by atoms with E-state index in [1.165, 1.54) is 13.8 Å². The number of aliphatic carboxylic acids is 2. The van der Waals surface area contributed by atoms with Gasteiger partial charge in [0.05, 0.1) is 85.3 Å². The number of hydrogen-bond donors (Lipinski definition) is 6. The lowest BCUT2D eigenvalue weighted by atomic mass is 9.57. The minimum Gasteiger partial charge on any atom is -0.481 e. The molecule has 0 bridgehead atoms. The van der Waals surface area contributed by atoms with E-state index in [1.54, 1.807) is 0 Å². The zero-order valence-corrected chi connectivity index (χ0v) is 26.0. The van der Waals surface area contributed by atoms with Crippen molar-refractivity contribution in [2.45, 2.75) is 108 Å². The van der Waals surface area contributed by atoms with Crippen LogP contribution in [0.25, 0.3) is 0 Å². The van der Waals surface area contributed by atoms with Gasteiger partial charge in [-0.1, -0.05) is 0 Å². The number of hydrogen-bond acceptors (Lipinski definition) is 12. The first kappa shape index (κ1) is 33.7. The number of ketones is 4. The molecule has 0 aromatic rings. The van der Waals surface area contributed by atoms with Crippen LogP contribution in [-0.4, -0.2) is 115 Å². The molecule has 2 saturated carbocycles. The zero-order chi connectivity index (χ0) is 34.2. The smallest absolute Gasteiger partial charge is 0.305 e. The summed E-state index contributed by atoms with van der Waals surface area (Å²) < 4.78 is 11.4. The van der Waals surface area contributed by atoms with E-state index in [9.17, 15) is 59.4 Å². The lowest BCUT2D eigenvalue weighted by molar-refractivity contribution is -0.162. The highest BCUT2D eigenvalue weighted by Crippen LogP contribution is 2.50. The standard InChI is InChI=1S/C33H40O14/c1-10-22-16(6-14(46-10)8-20(36)37)30(42)24-18(34)4-12(28(40)26(24)32(22)44)3-13-5-19(35)25-27(29(13)41)33(45)23-11(2)47-15(9-21(38)39)7-17(23)31(25)43/h10-15,18-19,24-29,34-35,40-41H,3-9H2,1-2H3,(H,36,37)(H,38,39)/t10-,11-,12?,13?,14+,15+,18?,19?,24?,25?,26?,27?,28?,29?/m1/s1. The van der Waals surface area contributed by atoms with Crippen molar-refractivity contribution in [2.75, 3.05) is 0 Å². The lowest BCUT2D eigenvalue weighted by Gasteiger charge is -2.50. The summed E-state index contributed by atoms with van der Waals surface area (Å²) in [4.78, 5) is 77.4. The number of carboxylic acid groups (broad SMARTS) is 2. The molecule has 4 aliphatic carbocycles. The van der Waals surface area contributed by atoms with Crippen molar-refractivity contribution in [3.05, 3.63) is 22.3 Å². The fourth-order valence-corrected chi connectivity index (χ4v) is 9.39. The summed E-state index contributed by atoms with van der Waals surface area (Å²) in [6.07, 6.45) is -10.2. The Morgan fingerprint density at radius 2 is 0.979 bits per heavy atom. The molecule has 256 valence electrons. The number of aliphatic hydroxyl groups is 4. The van der Waals surface area contributed by atoms with Gasteiger partial charge in [-0.3, -0.25) is 28.8 Å². The van der Waals surface area contributed by atoms with Crippen molar-refractivity contribution in [3.8, 4) is 0 Å². The quantitative estimate of drug-likeness (QED) is 0.211. The van der Waals surface area contributed by atoms with Gasteiger partial charge >= 0.3 is 11.9 Å². The van der Waals surface area contributed by atoms with E-state index in [0.29, 0.717) is 0 Å². The lowest BCUT2D eigenvalue weighted by Crippen LogP contribution is -2.59. The Morgan fingerprint density at radius 3 is 1.32 bits per heavy atom. The van der Waals surface area contributed by atoms with E-state index in [4.69, 9.17) is 9.47 Å². The Kier molecular flexibility index (Phi) is 8.90. The minimum absolute atomic E-state index is 0.0247. The van der Waals surface area contributed by atoms with Crippen LogP contribution in [0.15, 0.2) is 22.3 Å². The number of carbonyl (C=O) groups excluding carboxylic acids is 4. The van der Waals surface area contributed by atoms with E-state index in [0.717, 1.165) is 0 Å². The van der Waals surface area contributed by atoms with Gasteiger partial charge in [0.2, 0.25) is 0 Å². The number of ether oxygens (including phenoxy) is 2. The molecule has 0 amide bonds. The van der Waals surface area contributed by atoms with Crippen LogP contribution in [-0.2, 0) is 38.2 Å². The van der Waals surface area contributed by atoms with E-state index >= 15 is 0 Å². The van der Waals surface area contributed by atoms with Crippen molar-refractivity contribution in [1.82, 2.24) is 0 Å². The molecule has 0 radical (unpaired) electrons. The molecule has 14 atom stereocenters. The van der Waals surface area contributed by atoms with Crippen LogP contribution < -0.4 is 0 Å². The summed E-state index contributed by atoms with van der Waals surface area (Å²) in [6, 6.07) is 0. The molecular weight excluding hydrogens is 620 g/mol. The van der Waals surface area contributed by atoms with Gasteiger partial charge in [-0.25, -0.2) is 0 Å². The summed E-state index contributed by atoms with van der Waals surface area (Å²) in [7, 11) is 0. The number of carboxylic acids is 2. The third-order valence-corrected chi connectivity index (χ3v) is 11.3. The average molecular weight is 661 g/mol. The summed E-state index contributed by atoms with van der Waals surface area (Å²) in [5.74, 6) is -11.2. The molecule has 10 unspecified atom stereocenters. The third-order valence-electron chi connectivity index (χ3n) is 11.3. The van der Waals surface area contributed by atoms with E-state index in [1.807, 2.05) is 0 Å². The number of rotatable bonds is 6. The molecule has 2 aliphatic heterocycles. The summed E-state index contributed by atoms with van der Waals surface area (Å²) in [6.45, 7) is 3.06. The SMILES string of the molecule is C[C@H]1O[C@H](CC(=O)O)CC2=C1C(=O)C1C(O)C(CC3CC(O)C4C(=O)C5=C(C(=O)C4C3O)[C@@H](C)O[C@H](CC(=O)O)C5)CC(O)C1C2=O. The van der Waals surface area contributed by atoms with Crippen LogP contribution in [0.5, 0.6) is 0 Å². The number of Topliss-reactive ketones (excluding diaryl/α,β-unsaturated/α-hetero) is 4. The molecule has 2 heterocycles. The van der Waals surface area contributed by atoms with Crippen LogP contribution >= 0.6 is 0 Å². The van der Waals surface area contributed by atoms with Crippen molar-refractivity contribution in [1.29, 1.82) is 0 Å². The van der Waals surface area contributed by atoms with Crippen molar-refractivity contribution < 1.29 is 68.9 Å². The van der Waals surface area contributed by atoms with E-state index < -0.39 is 119 Å². The molecular formula is C33H40O14. The second-order valence-corrected chi connectivity index (χ2v) is 14.1. The molecule has 0 spiro atoms. The molecule has 6 N–H and O–H groups in total. The largest absolute Gasteiger partial charge is 0.481 e. The van der Waals surface area contributed by atoms with Crippen molar-refractivity contribution in [2.24, 2.45) is 35.5 Å². The second-order valence-electron chi connectivity index (χ2n) is 14.1. The molecule has 0 aromatic heterocycles. The van der Waals surface area contributed by atoms with Gasteiger partial charge in [-0.05, 0) is 44.9 Å². The van der Waals surface area contributed by atoms with Crippen LogP contribution in [0.1, 0.15) is 58.8 Å². The first-order chi connectivity index (χ1) is 22.1. The van der Waals surface area contributed by atoms with Crippen LogP contribution in [0.3, 0.4) is 0 Å². The number of carbonyl (C=O) groups is 6. The van der Waals surface area contributed by atoms with Gasteiger partial charge in [-0.2, -0.15) is 0 Å². The van der Waals surface area contributed by atoms with Gasteiger partial charge in [0.15, 0.2) is 23.1 Å². The molecule has 0 aromatic carbocycles. The summed E-state index contributed by atoms with van der Waals surface area (Å²) in [5, 5.41) is 63.9. The van der Waals surface area contributed by atoms with Gasteiger partial charge in [-0.15, -0.1) is 0 Å². The van der Waals surface area contributed by atoms with Crippen LogP contribution in [0, 0.1) is 35.5 Å². The van der Waals surface area contributed by atoms with Gasteiger partial charge in [0.25, 0.3) is 0 Å². The van der Waals surface area contributed by atoms with Crippen molar-refractivity contribution >= 4 is 35.1 Å². The third kappa shape index (κ3) is 5.62. The Hall–Kier alpha value is -3.14. The highest BCUT2D eigenvalue weighted by Gasteiger charge is 2.59. The number of fused-ring (bicyclic) bond motifs is 2. The van der Waals surface area contributed by atoms with Crippen LogP contribution in [0.2, 0.25) is 0 Å². The molecule has 6 aliphatic rings. The molecule has 14 nitrogen and oxygen atoms in total. The molecule has 14 heteroatoms. The fourth-order valence-electron chi connectivity index (χ4n) is 9.39. The highest BCUT2D eigenvalue weighted by atomic mass is 16.5. The summed E-state index contributed by atoms with van der Waals surface area (Å²) >= 11 is 0. The van der Waals surface area contributed by atoms with E-state index in [-0.39, 0.29) is 67.2 Å². The predicted molar refractivity (Wildman–Crippen MR) is 155 cm³/mol. The van der Waals surface area contributed by atoms with E-state index in [2.05, 4.69) is 0 Å². The minimum atomic E-state index is -1.42. The number of aliphatic hydroxyl groups excluding tert-OH is 4. The Bertz CT molecular complexity index is 1370. The molecule has 6 rings (SSSR count). The topological polar surface area (TPSA) is 242 Å². The first-order valence-corrected chi connectivity index (χ1v) is 16.2. The van der Waals surface area contributed by atoms with Gasteiger partial charge < -0.3 is 40.1 Å². The predicted octanol–water partition coefficient (Wildman–Crippen LogP) is -0.474. The van der Waals surface area contributed by atoms with Crippen molar-refractivity contribution in [3.63, 3.8) is 0 Å². The molecule has 0 saturated heterocycles. The average Bonchev–Trinajstić information content (AvgIpc) is 2.96. The highest BCUT2D eigenvalue weighted by molar-refractivity contribution is 6.16. The van der Waals surface area contributed by atoms with Gasteiger partial charge in [0, 0.05) is 35.1 Å². The summed E-state index contributed by atoms with van der Waals surface area (Å²) in [5.41, 5.74) is 0.357. The Morgan fingerprint density at radius 1 is 0.617 bits per heavy atom. The monoisotopic (exact) mass is 660 g/mol. The van der Waals surface area contributed by atoms with Gasteiger partial charge in [0.1, 0.15) is 0 Å². The van der Waals surface area contributed by atoms with Crippen LogP contribution in [0.4, 0.5) is 0 Å². The maximum Gasteiger partial charge on any atom is 0.305 e.